The lowest BCUT2D eigenvalue weighted by molar-refractivity contribution is -0.309. The van der Waals surface area contributed by atoms with Crippen LogP contribution in [0.1, 0.15) is 33.4 Å². The van der Waals surface area contributed by atoms with E-state index in [2.05, 4.69) is 164 Å². The fourth-order valence-corrected chi connectivity index (χ4v) is 15.9. The van der Waals surface area contributed by atoms with E-state index in [9.17, 15) is 0 Å². The Morgan fingerprint density at radius 2 is 0.548 bits per heavy atom. The third kappa shape index (κ3) is 15.0. The molecule has 9 nitrogen and oxygen atoms in total. The molecule has 0 bridgehead atoms. The molecular formula is C74H74O9P+. The molecule has 0 N–H and O–H groups in total. The smallest absolute Gasteiger partial charge is 0.186 e. The number of hydrogen-bond acceptors (Lipinski definition) is 9. The second-order valence-electron chi connectivity index (χ2n) is 21.3. The zero-order valence-electron chi connectivity index (χ0n) is 47.5. The molecule has 2 aliphatic heterocycles. The van der Waals surface area contributed by atoms with Gasteiger partial charge in [0, 0.05) is 7.11 Å². The summed E-state index contributed by atoms with van der Waals surface area (Å²) in [6.07, 6.45) is -2.14. The number of methoxy groups -OCH3 is 1. The van der Waals surface area contributed by atoms with Crippen LogP contribution in [0.4, 0.5) is 0 Å². The average molecular weight is 1140 g/mol. The van der Waals surface area contributed by atoms with Crippen LogP contribution < -0.4 is 15.9 Å². The largest absolute Gasteiger partial charge is 0.368 e. The van der Waals surface area contributed by atoms with Crippen LogP contribution in [-0.4, -0.2) is 74.5 Å². The van der Waals surface area contributed by atoms with Crippen molar-refractivity contribution in [1.29, 1.82) is 0 Å². The molecule has 2 fully saturated rings. The summed E-state index contributed by atoms with van der Waals surface area (Å²) >= 11 is 0. The molecule has 0 spiro atoms. The minimum absolute atomic E-state index is 0.290. The molecule has 84 heavy (non-hydrogen) atoms. The molecule has 0 radical (unpaired) electrons. The lowest BCUT2D eigenvalue weighted by atomic mass is 9.92. The van der Waals surface area contributed by atoms with E-state index in [0.717, 1.165) is 33.4 Å². The summed E-state index contributed by atoms with van der Waals surface area (Å²) in [5.74, 6) is 0. The van der Waals surface area contributed by atoms with Crippen LogP contribution in [0.3, 0.4) is 0 Å². The summed E-state index contributed by atoms with van der Waals surface area (Å²) in [7, 11) is -0.918. The number of benzene rings is 9. The number of hydrogen-bond donors (Lipinski definition) is 0. The summed E-state index contributed by atoms with van der Waals surface area (Å²) < 4.78 is 64.4. The molecule has 2 heterocycles. The number of rotatable bonds is 26. The molecule has 10 atom stereocenters. The van der Waals surface area contributed by atoms with Crippen LogP contribution in [0, 0.1) is 0 Å². The first-order chi connectivity index (χ1) is 41.6. The molecule has 0 aliphatic carbocycles. The summed E-state index contributed by atoms with van der Waals surface area (Å²) in [4.78, 5) is 0. The van der Waals surface area contributed by atoms with Crippen molar-refractivity contribution in [2.24, 2.45) is 0 Å². The fourth-order valence-electron chi connectivity index (χ4n) is 11.5. The van der Waals surface area contributed by atoms with Crippen LogP contribution in [0.25, 0.3) is 0 Å². The van der Waals surface area contributed by atoms with Crippen molar-refractivity contribution < 1.29 is 42.6 Å². The quantitative estimate of drug-likeness (QED) is 0.0389. The van der Waals surface area contributed by atoms with E-state index in [0.29, 0.717) is 45.8 Å². The van der Waals surface area contributed by atoms with Gasteiger partial charge in [0.05, 0.1) is 39.6 Å². The number of ether oxygens (including phenoxy) is 9. The maximum Gasteiger partial charge on any atom is 0.186 e. The van der Waals surface area contributed by atoms with Crippen LogP contribution >= 0.6 is 7.26 Å². The molecule has 0 unspecified atom stereocenters. The van der Waals surface area contributed by atoms with Crippen molar-refractivity contribution in [3.63, 3.8) is 0 Å². The summed E-state index contributed by atoms with van der Waals surface area (Å²) in [6, 6.07) is 94.2. The molecule has 428 valence electrons. The van der Waals surface area contributed by atoms with Crippen LogP contribution in [-0.2, 0) is 82.3 Å². The standard InChI is InChI=1S/C74H74O9P/c1-75-74-73(81-54-61-39-21-7-22-40-61)72(80-53-60-37-19-6-20-38-60)69(77-50-57-31-13-3-14-32-57)66(83-74)48-47-65-68(76-49-56-29-11-2-12-30-56)71(79-52-59-35-17-5-18-36-59)70(78-51-58-33-15-4-16-34-58)67(82-65)55-84(62-41-23-8-24-42-62,63-43-25-9-26-44-63)64-45-27-10-28-46-64/h2-48,65-74H,49-55H2,1H3/q+1/b48-47-/t65-,66+,67+,68-,69+,70+,71+,72-,73+,74-/m0/s1. The molecule has 9 aromatic carbocycles. The van der Waals surface area contributed by atoms with Gasteiger partial charge in [-0.1, -0.05) is 249 Å². The Morgan fingerprint density at radius 3 is 0.857 bits per heavy atom. The van der Waals surface area contributed by atoms with Gasteiger partial charge in [-0.2, -0.15) is 0 Å². The Bertz CT molecular complexity index is 3220. The van der Waals surface area contributed by atoms with Crippen molar-refractivity contribution in [3.8, 4) is 0 Å². The third-order valence-corrected chi connectivity index (χ3v) is 20.1. The molecule has 2 aliphatic rings. The van der Waals surface area contributed by atoms with Crippen LogP contribution in [0.2, 0.25) is 0 Å². The maximum absolute atomic E-state index is 7.87. The zero-order valence-corrected chi connectivity index (χ0v) is 48.4. The van der Waals surface area contributed by atoms with Gasteiger partial charge in [0.1, 0.15) is 84.3 Å². The van der Waals surface area contributed by atoms with E-state index in [1.807, 2.05) is 121 Å². The molecule has 0 saturated carbocycles. The first kappa shape index (κ1) is 58.6. The highest BCUT2D eigenvalue weighted by Crippen LogP contribution is 2.57. The molecule has 0 aromatic heterocycles. The van der Waals surface area contributed by atoms with Gasteiger partial charge in [0.25, 0.3) is 0 Å². The van der Waals surface area contributed by atoms with Crippen molar-refractivity contribution in [3.05, 3.63) is 319 Å². The van der Waals surface area contributed by atoms with E-state index < -0.39 is 68.5 Å². The van der Waals surface area contributed by atoms with E-state index >= 15 is 0 Å². The molecule has 11 rings (SSSR count). The Labute approximate surface area is 496 Å². The minimum Gasteiger partial charge on any atom is -0.368 e. The van der Waals surface area contributed by atoms with Gasteiger partial charge < -0.3 is 42.6 Å². The maximum atomic E-state index is 7.87. The summed E-state index contributed by atoms with van der Waals surface area (Å²) in [6.45, 7) is 1.82. The Kier molecular flexibility index (Phi) is 20.9. The highest BCUT2D eigenvalue weighted by molar-refractivity contribution is 7.95. The van der Waals surface area contributed by atoms with Gasteiger partial charge >= 0.3 is 0 Å². The van der Waals surface area contributed by atoms with Gasteiger partial charge in [-0.05, 0) is 69.8 Å². The highest BCUT2D eigenvalue weighted by atomic mass is 31.2. The van der Waals surface area contributed by atoms with Gasteiger partial charge in [0.15, 0.2) is 6.29 Å². The van der Waals surface area contributed by atoms with Crippen molar-refractivity contribution in [2.45, 2.75) is 101 Å². The molecular weight excluding hydrogens is 1060 g/mol. The van der Waals surface area contributed by atoms with Crippen molar-refractivity contribution >= 4 is 23.2 Å². The lowest BCUT2D eigenvalue weighted by Gasteiger charge is -2.47. The molecule has 2 saturated heterocycles. The van der Waals surface area contributed by atoms with Gasteiger partial charge in [0.2, 0.25) is 0 Å². The second kappa shape index (κ2) is 30.0. The molecule has 0 amide bonds. The Hall–Kier alpha value is -7.21. The van der Waals surface area contributed by atoms with Crippen molar-refractivity contribution in [1.82, 2.24) is 0 Å². The van der Waals surface area contributed by atoms with Crippen LogP contribution in [0.15, 0.2) is 285 Å². The van der Waals surface area contributed by atoms with E-state index in [1.165, 1.54) is 15.9 Å². The molecule has 10 heteroatoms. The Balaban J connectivity index is 1.04. The van der Waals surface area contributed by atoms with Gasteiger partial charge in [-0.15, -0.1) is 0 Å². The van der Waals surface area contributed by atoms with E-state index in [1.54, 1.807) is 7.11 Å². The average Bonchev–Trinajstić information content (AvgIpc) is 2.16. The summed E-state index contributed by atoms with van der Waals surface area (Å²) in [5.41, 5.74) is 6.11. The third-order valence-electron chi connectivity index (χ3n) is 15.7. The fraction of sp³-hybridized carbons (Fsp3) is 0.243. The predicted octanol–water partition coefficient (Wildman–Crippen LogP) is 13.2. The van der Waals surface area contributed by atoms with Crippen molar-refractivity contribution in [2.75, 3.05) is 13.3 Å². The minimum atomic E-state index is -2.57. The predicted molar refractivity (Wildman–Crippen MR) is 334 cm³/mol. The first-order valence-electron chi connectivity index (χ1n) is 29.1. The van der Waals surface area contributed by atoms with Crippen LogP contribution in [0.5, 0.6) is 0 Å². The summed E-state index contributed by atoms with van der Waals surface area (Å²) in [5, 5.41) is 3.69. The Morgan fingerprint density at radius 1 is 0.298 bits per heavy atom. The highest BCUT2D eigenvalue weighted by Gasteiger charge is 2.56. The SMILES string of the molecule is CO[C@H]1O[C@H](/C=C\[C@@H]2O[C@H](C[P+](c3ccccc3)(c3ccccc3)c3ccccc3)[C@@H](OCc3ccccc3)[C@H](OCc3ccccc3)[C@H]2OCc2ccccc2)[C@@H](OCc2ccccc2)[C@H](OCc2ccccc2)[C@H]1OCc1ccccc1. The van der Waals surface area contributed by atoms with E-state index in [-0.39, 0.29) is 0 Å². The first-order valence-corrected chi connectivity index (χ1v) is 31.1. The zero-order chi connectivity index (χ0) is 57.0. The normalized spacial score (nSPS) is 22.6. The van der Waals surface area contributed by atoms with E-state index in [4.69, 9.17) is 42.6 Å². The van der Waals surface area contributed by atoms with Gasteiger partial charge in [-0.25, -0.2) is 0 Å². The molecule has 9 aromatic rings. The topological polar surface area (TPSA) is 83.1 Å². The lowest BCUT2D eigenvalue weighted by Crippen LogP contribution is -2.62. The monoisotopic (exact) mass is 1140 g/mol. The van der Waals surface area contributed by atoms with Gasteiger partial charge in [-0.3, -0.25) is 0 Å². The second-order valence-corrected chi connectivity index (χ2v) is 24.8.